The Kier molecular flexibility index (Phi) is 7.11. The fraction of sp³-hybridized carbons (Fsp3) is 0.762. The Labute approximate surface area is 195 Å². The average molecular weight is 503 g/mol. The summed E-state index contributed by atoms with van der Waals surface area (Å²) in [5, 5.41) is 0. The Hall–Kier alpha value is -1.45. The maximum atomic E-state index is 16.1. The van der Waals surface area contributed by atoms with Gasteiger partial charge in [-0.1, -0.05) is 55.4 Å². The number of alkyl halides is 1. The molecule has 2 saturated heterocycles. The number of H-pyrrole nitrogens is 1. The van der Waals surface area contributed by atoms with Crippen molar-refractivity contribution in [1.29, 1.82) is 0 Å². The van der Waals surface area contributed by atoms with Gasteiger partial charge >= 0.3 is 28.8 Å². The molecule has 12 heteroatoms. The average Bonchev–Trinajstić information content (AvgIpc) is 2.91. The maximum absolute atomic E-state index is 16.1. The number of carbonyl (C=O) groups excluding carboxylic acids is 1. The predicted molar refractivity (Wildman–Crippen MR) is 124 cm³/mol. The maximum Gasteiger partial charge on any atom is 0.361 e. The molecule has 0 radical (unpaired) electrons. The number of aromatic nitrogens is 2. The minimum Gasteiger partial charge on any atom is -0.414 e. The van der Waals surface area contributed by atoms with Crippen LogP contribution in [0.25, 0.3) is 0 Å². The summed E-state index contributed by atoms with van der Waals surface area (Å²) in [6.45, 7) is 16.0. The van der Waals surface area contributed by atoms with Gasteiger partial charge in [-0.05, 0) is 22.2 Å². The molecule has 9 nitrogen and oxygen atoms in total. The minimum absolute atomic E-state index is 0.0658. The number of aromatic amines is 1. The lowest BCUT2D eigenvalue weighted by atomic mass is 10.1. The lowest BCUT2D eigenvalue weighted by Crippen LogP contribution is -2.65. The fourth-order valence-electron chi connectivity index (χ4n) is 4.86. The first-order valence-corrected chi connectivity index (χ1v) is 15.4. The second kappa shape index (κ2) is 8.97. The number of Topliss-reactive ketones (excluding diaryl/α,β-unsaturated/α-hetero) is 1. The van der Waals surface area contributed by atoms with Gasteiger partial charge in [-0.15, -0.1) is 0 Å². The van der Waals surface area contributed by atoms with E-state index in [0.29, 0.717) is 4.57 Å². The van der Waals surface area contributed by atoms with E-state index in [9.17, 15) is 14.4 Å². The van der Waals surface area contributed by atoms with Crippen LogP contribution in [-0.2, 0) is 28.5 Å². The molecule has 2 fully saturated rings. The summed E-state index contributed by atoms with van der Waals surface area (Å²) in [5.41, 5.74) is -1.80. The van der Waals surface area contributed by atoms with Crippen LogP contribution in [0.1, 0.15) is 55.4 Å². The number of nitrogens with one attached hydrogen (secondary N) is 1. The number of ether oxygens (including phenoxy) is 1. The summed E-state index contributed by atoms with van der Waals surface area (Å²) in [6, 6.07) is 0.955. The van der Waals surface area contributed by atoms with Gasteiger partial charge in [0.25, 0.3) is 5.56 Å². The molecule has 0 aliphatic carbocycles. The molecular formula is C21H35FN2O7Si2. The quantitative estimate of drug-likeness (QED) is 0.617. The van der Waals surface area contributed by atoms with Gasteiger partial charge in [0.2, 0.25) is 5.78 Å². The van der Waals surface area contributed by atoms with Crippen molar-refractivity contribution >= 4 is 22.9 Å². The number of fused-ring (bicyclic) bond motifs is 1. The smallest absolute Gasteiger partial charge is 0.361 e. The Morgan fingerprint density at radius 1 is 1.00 bits per heavy atom. The Morgan fingerprint density at radius 2 is 1.55 bits per heavy atom. The van der Waals surface area contributed by atoms with E-state index >= 15 is 4.39 Å². The number of hydrogen-bond acceptors (Lipinski definition) is 7. The van der Waals surface area contributed by atoms with E-state index in [-0.39, 0.29) is 28.8 Å². The molecule has 2 aliphatic rings. The second-order valence-electron chi connectivity index (χ2n) is 10.1. The van der Waals surface area contributed by atoms with E-state index in [2.05, 4.69) is 0 Å². The molecule has 0 bridgehead atoms. The van der Waals surface area contributed by atoms with Crippen LogP contribution in [0, 0.1) is 0 Å². The van der Waals surface area contributed by atoms with Gasteiger partial charge in [-0.25, -0.2) is 9.36 Å². The molecule has 0 saturated carbocycles. The predicted octanol–water partition coefficient (Wildman–Crippen LogP) is 3.04. The van der Waals surface area contributed by atoms with Crippen LogP contribution < -0.4 is 11.2 Å². The number of halogens is 1. The molecule has 1 aromatic rings. The van der Waals surface area contributed by atoms with Crippen molar-refractivity contribution in [2.24, 2.45) is 0 Å². The van der Waals surface area contributed by atoms with E-state index in [4.69, 9.17) is 17.7 Å². The van der Waals surface area contributed by atoms with Crippen molar-refractivity contribution in [1.82, 2.24) is 9.55 Å². The summed E-state index contributed by atoms with van der Waals surface area (Å²) in [4.78, 5) is 39.1. The lowest BCUT2D eigenvalue weighted by molar-refractivity contribution is -0.204. The molecule has 0 spiro atoms. The zero-order valence-electron chi connectivity index (χ0n) is 20.5. The molecule has 0 amide bonds. The van der Waals surface area contributed by atoms with Crippen molar-refractivity contribution in [3.63, 3.8) is 0 Å². The summed E-state index contributed by atoms with van der Waals surface area (Å²) in [7, 11) is -6.07. The van der Waals surface area contributed by atoms with Crippen molar-refractivity contribution in [3.05, 3.63) is 33.1 Å². The normalized spacial score (nSPS) is 29.5. The number of nitrogens with zero attached hydrogens (tertiary/aromatic N) is 1. The highest BCUT2D eigenvalue weighted by Gasteiger charge is 2.65. The first-order valence-electron chi connectivity index (χ1n) is 11.5. The number of ketones is 1. The molecule has 33 heavy (non-hydrogen) atoms. The molecule has 3 heterocycles. The monoisotopic (exact) mass is 502 g/mol. The zero-order valence-corrected chi connectivity index (χ0v) is 22.5. The van der Waals surface area contributed by atoms with Crippen molar-refractivity contribution in [2.45, 2.75) is 95.7 Å². The summed E-state index contributed by atoms with van der Waals surface area (Å²) < 4.78 is 42.1. The van der Waals surface area contributed by atoms with Gasteiger partial charge in [-0.2, -0.15) is 4.39 Å². The molecule has 0 aromatic carbocycles. The first-order chi connectivity index (χ1) is 15.2. The Balaban J connectivity index is 2.15. The third-order valence-corrected chi connectivity index (χ3v) is 16.9. The summed E-state index contributed by atoms with van der Waals surface area (Å²) in [5.74, 6) is -4.17. The molecule has 0 unspecified atom stereocenters. The molecule has 1 aromatic heterocycles. The summed E-state index contributed by atoms with van der Waals surface area (Å²) in [6.07, 6.45) is -1.47. The second-order valence-corrected chi connectivity index (χ2v) is 18.9. The molecule has 186 valence electrons. The van der Waals surface area contributed by atoms with Crippen molar-refractivity contribution < 1.29 is 26.9 Å². The van der Waals surface area contributed by atoms with Crippen LogP contribution in [0.3, 0.4) is 0 Å². The van der Waals surface area contributed by atoms with E-state index in [1.807, 2.05) is 60.4 Å². The van der Waals surface area contributed by atoms with E-state index in [0.717, 1.165) is 12.3 Å². The SMILES string of the molecule is CC(C)[Si]1(C(C)C)OC[C@H]2O[C@](F)(n3ccc(=O)[nH]c3=O)C(=O)[C@@H]2O[Si](C(C)C)(C(C)C)O1. The third-order valence-electron chi connectivity index (χ3n) is 6.66. The molecule has 3 rings (SSSR count). The highest BCUT2D eigenvalue weighted by atomic mass is 28.5. The lowest BCUT2D eigenvalue weighted by Gasteiger charge is -2.50. The van der Waals surface area contributed by atoms with Gasteiger partial charge < -0.3 is 17.7 Å². The Bertz CT molecular complexity index is 993. The van der Waals surface area contributed by atoms with Crippen molar-refractivity contribution in [3.8, 4) is 0 Å². The van der Waals surface area contributed by atoms with Gasteiger partial charge in [0.05, 0.1) is 6.61 Å². The van der Waals surface area contributed by atoms with Crippen LogP contribution >= 0.6 is 0 Å². The number of carbonyl (C=O) groups is 1. The van der Waals surface area contributed by atoms with Gasteiger partial charge in [0, 0.05) is 12.3 Å². The van der Waals surface area contributed by atoms with E-state index in [1.165, 1.54) is 0 Å². The summed E-state index contributed by atoms with van der Waals surface area (Å²) >= 11 is 0. The standard InChI is InChI=1S/C21H35FN2O7Si2/c1-12(2)32(13(3)4)28-11-16-18(30-33(31-32,14(5)6)15(7)8)19(26)21(22,29-16)24-10-9-17(25)23-20(24)27/h9-10,12-16,18H,11H2,1-8H3,(H,23,25,27)/t16-,18-,21-/m1/s1. The van der Waals surface area contributed by atoms with Crippen LogP contribution in [0.15, 0.2) is 21.9 Å². The fourth-order valence-corrected chi connectivity index (χ4v) is 16.0. The van der Waals surface area contributed by atoms with Gasteiger partial charge in [-0.3, -0.25) is 14.6 Å². The highest BCUT2D eigenvalue weighted by Crippen LogP contribution is 2.48. The molecule has 2 aliphatic heterocycles. The number of hydrogen-bond donors (Lipinski definition) is 1. The van der Waals surface area contributed by atoms with Crippen LogP contribution in [0.4, 0.5) is 4.39 Å². The van der Waals surface area contributed by atoms with Crippen molar-refractivity contribution in [2.75, 3.05) is 6.61 Å². The highest BCUT2D eigenvalue weighted by molar-refractivity contribution is 6.84. The van der Waals surface area contributed by atoms with Crippen LogP contribution in [0.5, 0.6) is 0 Å². The minimum atomic E-state index is -3.17. The van der Waals surface area contributed by atoms with E-state index in [1.54, 1.807) is 0 Å². The number of rotatable bonds is 5. The van der Waals surface area contributed by atoms with E-state index < -0.39 is 52.3 Å². The zero-order chi connectivity index (χ0) is 24.9. The molecule has 1 N–H and O–H groups in total. The molecular weight excluding hydrogens is 467 g/mol. The van der Waals surface area contributed by atoms with Gasteiger partial charge in [0.1, 0.15) is 12.2 Å². The first kappa shape index (κ1) is 26.2. The largest absolute Gasteiger partial charge is 0.414 e. The van der Waals surface area contributed by atoms with Gasteiger partial charge in [0.15, 0.2) is 0 Å². The molecule has 3 atom stereocenters. The Morgan fingerprint density at radius 3 is 2.03 bits per heavy atom. The topological polar surface area (TPSA) is 109 Å². The third kappa shape index (κ3) is 4.14. The van der Waals surface area contributed by atoms with Crippen LogP contribution in [0.2, 0.25) is 22.2 Å². The van der Waals surface area contributed by atoms with Crippen LogP contribution in [-0.4, -0.2) is 51.3 Å².